The fraction of sp³-hybridized carbons (Fsp3) is 0.190. The van der Waals surface area contributed by atoms with Crippen molar-refractivity contribution in [1.82, 2.24) is 9.62 Å². The molecule has 28 heavy (non-hydrogen) atoms. The van der Waals surface area contributed by atoms with E-state index in [1.165, 1.54) is 34.6 Å². The molecule has 1 amide bonds. The molecule has 3 aromatic rings. The normalized spacial score (nSPS) is 13.9. The zero-order valence-corrected chi connectivity index (χ0v) is 16.8. The zero-order chi connectivity index (χ0) is 19.6. The van der Waals surface area contributed by atoms with Gasteiger partial charge in [-0.1, -0.05) is 30.3 Å². The van der Waals surface area contributed by atoms with E-state index in [4.69, 9.17) is 0 Å². The smallest absolute Gasteiger partial charge is 0.254 e. The fourth-order valence-corrected chi connectivity index (χ4v) is 5.03. The van der Waals surface area contributed by atoms with Crippen molar-refractivity contribution < 1.29 is 13.2 Å². The summed E-state index contributed by atoms with van der Waals surface area (Å²) in [7, 11) is -3.61. The highest BCUT2D eigenvalue weighted by molar-refractivity contribution is 7.89. The summed E-state index contributed by atoms with van der Waals surface area (Å²) in [5.41, 5.74) is 2.94. The Morgan fingerprint density at radius 3 is 2.46 bits per heavy atom. The molecule has 2 aromatic carbocycles. The first-order valence-electron chi connectivity index (χ1n) is 9.01. The number of hydrogen-bond donors (Lipinski definition) is 1. The maximum absolute atomic E-state index is 12.8. The van der Waals surface area contributed by atoms with Gasteiger partial charge in [0.2, 0.25) is 10.0 Å². The fourth-order valence-electron chi connectivity index (χ4n) is 3.29. The number of nitrogens with zero attached hydrogens (tertiary/aromatic N) is 1. The number of fused-ring (bicyclic) bond motifs is 1. The van der Waals surface area contributed by atoms with E-state index in [0.29, 0.717) is 18.7 Å². The third kappa shape index (κ3) is 4.01. The van der Waals surface area contributed by atoms with Crippen LogP contribution in [0.5, 0.6) is 0 Å². The molecule has 0 bridgehead atoms. The van der Waals surface area contributed by atoms with Crippen LogP contribution in [0, 0.1) is 0 Å². The minimum Gasteiger partial charge on any atom is -0.334 e. The second kappa shape index (κ2) is 7.87. The summed E-state index contributed by atoms with van der Waals surface area (Å²) in [6, 6.07) is 18.1. The lowest BCUT2D eigenvalue weighted by molar-refractivity contribution is 0.0734. The molecule has 0 radical (unpaired) electrons. The van der Waals surface area contributed by atoms with E-state index in [2.05, 4.69) is 10.8 Å². The molecule has 0 saturated heterocycles. The van der Waals surface area contributed by atoms with Crippen molar-refractivity contribution in [1.29, 1.82) is 0 Å². The number of hydrogen-bond acceptors (Lipinski definition) is 4. The summed E-state index contributed by atoms with van der Waals surface area (Å²) >= 11 is 1.50. The number of rotatable bonds is 5. The summed E-state index contributed by atoms with van der Waals surface area (Å²) in [6.45, 7) is 1.50. The summed E-state index contributed by atoms with van der Waals surface area (Å²) in [4.78, 5) is 15.7. The Bertz CT molecular complexity index is 1080. The quantitative estimate of drug-likeness (QED) is 0.698. The van der Waals surface area contributed by atoms with Gasteiger partial charge in [0.05, 0.1) is 4.90 Å². The van der Waals surface area contributed by atoms with Crippen LogP contribution in [0.4, 0.5) is 0 Å². The molecule has 0 saturated carbocycles. The van der Waals surface area contributed by atoms with E-state index in [0.717, 1.165) is 11.3 Å². The van der Waals surface area contributed by atoms with Crippen LogP contribution in [0.1, 0.15) is 26.4 Å². The molecule has 7 heteroatoms. The molecule has 1 N–H and O–H groups in total. The Labute approximate surface area is 168 Å². The minimum absolute atomic E-state index is 0.0787. The van der Waals surface area contributed by atoms with Crippen molar-refractivity contribution in [3.63, 3.8) is 0 Å². The number of sulfonamides is 1. The standard InChI is InChI=1S/C21H20N2O3S2/c24-21(23-12-11-16-4-1-2-5-18(16)15-23)17-7-9-20(10-8-17)28(25,26)22-14-19-6-3-13-27-19/h1-10,13,22H,11-12,14-15H2. The second-order valence-corrected chi connectivity index (χ2v) is 9.47. The molecule has 5 nitrogen and oxygen atoms in total. The monoisotopic (exact) mass is 412 g/mol. The van der Waals surface area contributed by atoms with Crippen molar-refractivity contribution in [2.24, 2.45) is 0 Å². The predicted octanol–water partition coefficient (Wildman–Crippen LogP) is 3.43. The van der Waals surface area contributed by atoms with E-state index >= 15 is 0 Å². The molecular weight excluding hydrogens is 392 g/mol. The molecular formula is C21H20N2O3S2. The van der Waals surface area contributed by atoms with Crippen molar-refractivity contribution in [2.45, 2.75) is 24.4 Å². The maximum atomic E-state index is 12.8. The number of benzene rings is 2. The molecule has 144 valence electrons. The molecule has 0 unspecified atom stereocenters. The number of thiophene rings is 1. The maximum Gasteiger partial charge on any atom is 0.254 e. The van der Waals surface area contributed by atoms with Crippen LogP contribution in [-0.2, 0) is 29.5 Å². The molecule has 0 atom stereocenters. The first kappa shape index (κ1) is 18.9. The van der Waals surface area contributed by atoms with E-state index in [1.807, 2.05) is 35.7 Å². The van der Waals surface area contributed by atoms with Gasteiger partial charge in [0.15, 0.2) is 0 Å². The Kier molecular flexibility index (Phi) is 5.30. The lowest BCUT2D eigenvalue weighted by atomic mass is 9.99. The third-order valence-electron chi connectivity index (χ3n) is 4.85. The lowest BCUT2D eigenvalue weighted by Crippen LogP contribution is -2.35. The van der Waals surface area contributed by atoms with E-state index in [-0.39, 0.29) is 17.3 Å². The second-order valence-electron chi connectivity index (χ2n) is 6.67. The Morgan fingerprint density at radius 1 is 1.00 bits per heavy atom. The number of carbonyl (C=O) groups is 1. The van der Waals surface area contributed by atoms with Crippen LogP contribution >= 0.6 is 11.3 Å². The summed E-state index contributed by atoms with van der Waals surface area (Å²) in [5, 5.41) is 1.91. The average Bonchev–Trinajstić information content (AvgIpc) is 3.25. The van der Waals surface area contributed by atoms with Gasteiger partial charge in [0.1, 0.15) is 0 Å². The van der Waals surface area contributed by atoms with Crippen LogP contribution in [0.25, 0.3) is 0 Å². The van der Waals surface area contributed by atoms with Crippen molar-refractivity contribution in [3.05, 3.63) is 87.6 Å². The molecule has 1 aromatic heterocycles. The predicted molar refractivity (Wildman–Crippen MR) is 110 cm³/mol. The highest BCUT2D eigenvalue weighted by Crippen LogP contribution is 2.21. The van der Waals surface area contributed by atoms with E-state index < -0.39 is 10.0 Å². The molecule has 2 heterocycles. The summed E-state index contributed by atoms with van der Waals surface area (Å²) in [6.07, 6.45) is 0.834. The van der Waals surface area contributed by atoms with Crippen LogP contribution in [0.15, 0.2) is 70.9 Å². The van der Waals surface area contributed by atoms with Gasteiger partial charge < -0.3 is 4.90 Å². The summed E-state index contributed by atoms with van der Waals surface area (Å²) in [5.74, 6) is -0.0787. The number of nitrogens with one attached hydrogen (secondary N) is 1. The van der Waals surface area contributed by atoms with Crippen LogP contribution in [0.3, 0.4) is 0 Å². The Balaban J connectivity index is 1.45. The van der Waals surface area contributed by atoms with Crippen LogP contribution in [-0.4, -0.2) is 25.8 Å². The van der Waals surface area contributed by atoms with E-state index in [9.17, 15) is 13.2 Å². The Morgan fingerprint density at radius 2 is 1.75 bits per heavy atom. The van der Waals surface area contributed by atoms with Gasteiger partial charge in [-0.2, -0.15) is 0 Å². The summed E-state index contributed by atoms with van der Waals surface area (Å²) < 4.78 is 27.5. The van der Waals surface area contributed by atoms with Crippen LogP contribution in [0.2, 0.25) is 0 Å². The van der Waals surface area contributed by atoms with Crippen molar-refractivity contribution in [2.75, 3.05) is 6.54 Å². The number of carbonyl (C=O) groups excluding carboxylic acids is 1. The molecule has 1 aliphatic heterocycles. The zero-order valence-electron chi connectivity index (χ0n) is 15.2. The molecule has 1 aliphatic rings. The topological polar surface area (TPSA) is 66.5 Å². The minimum atomic E-state index is -3.61. The van der Waals surface area contributed by atoms with Gasteiger partial charge in [-0.25, -0.2) is 13.1 Å². The molecule has 0 aliphatic carbocycles. The highest BCUT2D eigenvalue weighted by atomic mass is 32.2. The van der Waals surface area contributed by atoms with Crippen LogP contribution < -0.4 is 4.72 Å². The Hall–Kier alpha value is -2.48. The van der Waals surface area contributed by atoms with Gasteiger partial charge >= 0.3 is 0 Å². The first-order chi connectivity index (χ1) is 13.5. The lowest BCUT2D eigenvalue weighted by Gasteiger charge is -2.29. The van der Waals surface area contributed by atoms with Gasteiger partial charge in [0, 0.05) is 30.1 Å². The molecule has 4 rings (SSSR count). The van der Waals surface area contributed by atoms with Gasteiger partial charge in [-0.3, -0.25) is 4.79 Å². The largest absolute Gasteiger partial charge is 0.334 e. The highest BCUT2D eigenvalue weighted by Gasteiger charge is 2.22. The number of amides is 1. The van der Waals surface area contributed by atoms with Crippen molar-refractivity contribution in [3.8, 4) is 0 Å². The third-order valence-corrected chi connectivity index (χ3v) is 7.14. The van der Waals surface area contributed by atoms with Gasteiger partial charge in [-0.15, -0.1) is 11.3 Å². The average molecular weight is 413 g/mol. The SMILES string of the molecule is O=C(c1ccc(S(=O)(=O)NCc2cccs2)cc1)N1CCc2ccccc2C1. The molecule has 0 fully saturated rings. The van der Waals surface area contributed by atoms with Gasteiger partial charge in [-0.05, 0) is 53.3 Å². The van der Waals surface area contributed by atoms with Crippen molar-refractivity contribution >= 4 is 27.3 Å². The first-order valence-corrected chi connectivity index (χ1v) is 11.4. The molecule has 0 spiro atoms. The van der Waals surface area contributed by atoms with E-state index in [1.54, 1.807) is 17.0 Å². The van der Waals surface area contributed by atoms with Gasteiger partial charge in [0.25, 0.3) is 5.91 Å².